The molecule has 1 unspecified atom stereocenters. The van der Waals surface area contributed by atoms with Crippen LogP contribution in [0, 0.1) is 6.92 Å². The van der Waals surface area contributed by atoms with Gasteiger partial charge < -0.3 is 19.0 Å². The van der Waals surface area contributed by atoms with E-state index in [-0.39, 0.29) is 0 Å². The molecule has 1 atom stereocenters. The third kappa shape index (κ3) is 3.85. The summed E-state index contributed by atoms with van der Waals surface area (Å²) < 4.78 is 17.4. The molecule has 0 spiro atoms. The van der Waals surface area contributed by atoms with Crippen molar-refractivity contribution in [3.63, 3.8) is 0 Å². The number of rotatable bonds is 4. The molecule has 6 heteroatoms. The van der Waals surface area contributed by atoms with Gasteiger partial charge in [0.1, 0.15) is 11.3 Å². The first-order valence-corrected chi connectivity index (χ1v) is 9.80. The molecule has 1 N–H and O–H groups in total. The molecule has 0 aliphatic carbocycles. The van der Waals surface area contributed by atoms with Crippen LogP contribution >= 0.6 is 0 Å². The molecule has 0 radical (unpaired) electrons. The molecule has 29 heavy (non-hydrogen) atoms. The summed E-state index contributed by atoms with van der Waals surface area (Å²) in [7, 11) is 0. The van der Waals surface area contributed by atoms with Crippen molar-refractivity contribution in [2.45, 2.75) is 52.2 Å². The van der Waals surface area contributed by atoms with Gasteiger partial charge in [-0.05, 0) is 62.9 Å². The van der Waals surface area contributed by atoms with Crippen LogP contribution in [-0.4, -0.2) is 28.3 Å². The van der Waals surface area contributed by atoms with Gasteiger partial charge in [0, 0.05) is 18.1 Å². The Bertz CT molecular complexity index is 1080. The number of carboxylic acid groups (broad SMARTS) is 1. The highest BCUT2D eigenvalue weighted by Crippen LogP contribution is 2.40. The zero-order valence-electron chi connectivity index (χ0n) is 17.1. The number of carbonyl (C=O) groups is 1. The summed E-state index contributed by atoms with van der Waals surface area (Å²) in [5, 5.41) is 9.94. The molecule has 2 heterocycles. The summed E-state index contributed by atoms with van der Waals surface area (Å²) in [5.41, 5.74) is 3.91. The van der Waals surface area contributed by atoms with Crippen molar-refractivity contribution in [1.29, 1.82) is 0 Å². The number of benzene rings is 2. The summed E-state index contributed by atoms with van der Waals surface area (Å²) in [4.78, 5) is 16.7. The Hall–Kier alpha value is -2.86. The Morgan fingerprint density at radius 2 is 2.03 bits per heavy atom. The third-order valence-electron chi connectivity index (χ3n) is 4.88. The fourth-order valence-corrected chi connectivity index (χ4v) is 3.76. The number of oxazole rings is 1. The monoisotopic (exact) mass is 395 g/mol. The van der Waals surface area contributed by atoms with Gasteiger partial charge in [0.2, 0.25) is 0 Å². The number of aromatic nitrogens is 1. The van der Waals surface area contributed by atoms with Gasteiger partial charge in [-0.15, -0.1) is 0 Å². The number of nitrogens with zero attached hydrogens (tertiary/aromatic N) is 1. The predicted octanol–water partition coefficient (Wildman–Crippen LogP) is 5.07. The van der Waals surface area contributed by atoms with Crippen LogP contribution in [0.2, 0.25) is 0 Å². The van der Waals surface area contributed by atoms with Gasteiger partial charge >= 0.3 is 5.97 Å². The maximum atomic E-state index is 12.1. The average Bonchev–Trinajstić information content (AvgIpc) is 3.04. The summed E-state index contributed by atoms with van der Waals surface area (Å²) in [6.45, 7) is 8.04. The van der Waals surface area contributed by atoms with Crippen LogP contribution in [0.1, 0.15) is 50.3 Å². The van der Waals surface area contributed by atoms with Crippen LogP contribution in [0.25, 0.3) is 22.2 Å². The lowest BCUT2D eigenvalue weighted by Gasteiger charge is -2.27. The third-order valence-corrected chi connectivity index (χ3v) is 4.88. The number of aryl methyl sites for hydroxylation is 2. The topological polar surface area (TPSA) is 81.8 Å². The number of hydrogen-bond donors (Lipinski definition) is 1. The van der Waals surface area contributed by atoms with Crippen LogP contribution in [-0.2, 0) is 16.0 Å². The van der Waals surface area contributed by atoms with E-state index in [0.29, 0.717) is 22.6 Å². The second-order valence-electron chi connectivity index (χ2n) is 8.33. The number of aliphatic carboxylic acids is 1. The van der Waals surface area contributed by atoms with E-state index in [9.17, 15) is 9.90 Å². The maximum Gasteiger partial charge on any atom is 0.337 e. The minimum absolute atomic E-state index is 0.531. The van der Waals surface area contributed by atoms with Gasteiger partial charge in [-0.3, -0.25) is 0 Å². The minimum atomic E-state index is -1.13. The van der Waals surface area contributed by atoms with Gasteiger partial charge in [-0.1, -0.05) is 12.1 Å². The smallest absolute Gasteiger partial charge is 0.337 e. The predicted molar refractivity (Wildman–Crippen MR) is 109 cm³/mol. The highest BCUT2D eigenvalue weighted by Gasteiger charge is 2.31. The number of hydrogen-bond acceptors (Lipinski definition) is 5. The molecule has 0 amide bonds. The SMILES string of the molecule is Cc1nc2c(-c3ccc4c(c3)CCCO4)c(C(OC(C)(C)C)C(=O)O)ccc2o1. The fraction of sp³-hybridized carbons (Fsp3) is 0.391. The molecule has 1 aromatic heterocycles. The van der Waals surface area contributed by atoms with Crippen LogP contribution in [0.3, 0.4) is 0 Å². The summed E-state index contributed by atoms with van der Waals surface area (Å²) in [6.07, 6.45) is 0.757. The molecule has 2 aromatic carbocycles. The molecule has 4 rings (SSSR count). The highest BCUT2D eigenvalue weighted by molar-refractivity contribution is 5.95. The number of ether oxygens (including phenoxy) is 2. The van der Waals surface area contributed by atoms with Crippen molar-refractivity contribution in [2.75, 3.05) is 6.61 Å². The van der Waals surface area contributed by atoms with Crippen LogP contribution in [0.15, 0.2) is 34.7 Å². The molecule has 6 nitrogen and oxygen atoms in total. The van der Waals surface area contributed by atoms with Gasteiger partial charge in [0.15, 0.2) is 17.6 Å². The Balaban J connectivity index is 1.95. The molecular weight excluding hydrogens is 370 g/mol. The average molecular weight is 395 g/mol. The zero-order chi connectivity index (χ0) is 20.8. The molecular formula is C23H25NO5. The largest absolute Gasteiger partial charge is 0.493 e. The quantitative estimate of drug-likeness (QED) is 0.664. The van der Waals surface area contributed by atoms with E-state index < -0.39 is 17.7 Å². The lowest BCUT2D eigenvalue weighted by atomic mass is 9.92. The Morgan fingerprint density at radius 3 is 2.76 bits per heavy atom. The fourth-order valence-electron chi connectivity index (χ4n) is 3.76. The van der Waals surface area contributed by atoms with E-state index in [1.165, 1.54) is 0 Å². The van der Waals surface area contributed by atoms with Gasteiger partial charge in [-0.25, -0.2) is 9.78 Å². The van der Waals surface area contributed by atoms with E-state index >= 15 is 0 Å². The highest BCUT2D eigenvalue weighted by atomic mass is 16.5. The van der Waals surface area contributed by atoms with Crippen LogP contribution in [0.4, 0.5) is 0 Å². The van der Waals surface area contributed by atoms with E-state index in [0.717, 1.165) is 41.9 Å². The molecule has 0 bridgehead atoms. The van der Waals surface area contributed by atoms with Crippen molar-refractivity contribution < 1.29 is 23.8 Å². The summed E-state index contributed by atoms with van der Waals surface area (Å²) in [5.74, 6) is 0.371. The van der Waals surface area contributed by atoms with Crippen molar-refractivity contribution in [1.82, 2.24) is 4.98 Å². The maximum absolute atomic E-state index is 12.1. The first-order chi connectivity index (χ1) is 13.7. The Labute approximate surface area is 169 Å². The Morgan fingerprint density at radius 1 is 1.24 bits per heavy atom. The minimum Gasteiger partial charge on any atom is -0.493 e. The van der Waals surface area contributed by atoms with Gasteiger partial charge in [0.25, 0.3) is 0 Å². The molecule has 0 saturated heterocycles. The van der Waals surface area contributed by atoms with Crippen molar-refractivity contribution in [2.24, 2.45) is 0 Å². The summed E-state index contributed by atoms with van der Waals surface area (Å²) >= 11 is 0. The lowest BCUT2D eigenvalue weighted by molar-refractivity contribution is -0.160. The standard InChI is InChI=1S/C23H25NO5/c1-13-24-20-18(28-13)10-8-16(21(22(25)26)29-23(2,3)4)19(20)15-7-9-17-14(12-15)6-5-11-27-17/h7-10,12,21H,5-6,11H2,1-4H3,(H,25,26). The van der Waals surface area contributed by atoms with E-state index in [1.54, 1.807) is 19.1 Å². The van der Waals surface area contributed by atoms with Crippen molar-refractivity contribution in [3.05, 3.63) is 47.3 Å². The van der Waals surface area contributed by atoms with Gasteiger partial charge in [0.05, 0.1) is 12.2 Å². The molecule has 1 aliphatic heterocycles. The van der Waals surface area contributed by atoms with E-state index in [2.05, 4.69) is 11.1 Å². The molecule has 0 fully saturated rings. The summed E-state index contributed by atoms with van der Waals surface area (Å²) in [6, 6.07) is 9.48. The second-order valence-corrected chi connectivity index (χ2v) is 8.33. The number of fused-ring (bicyclic) bond motifs is 2. The van der Waals surface area contributed by atoms with Crippen molar-refractivity contribution >= 4 is 17.1 Å². The van der Waals surface area contributed by atoms with Crippen molar-refractivity contribution in [3.8, 4) is 16.9 Å². The molecule has 3 aromatic rings. The second kappa shape index (κ2) is 7.19. The first kappa shape index (κ1) is 19.5. The molecule has 1 aliphatic rings. The molecule has 0 saturated carbocycles. The number of carboxylic acids is 1. The zero-order valence-corrected chi connectivity index (χ0v) is 17.1. The normalized spacial score (nSPS) is 15.0. The molecule has 152 valence electrons. The first-order valence-electron chi connectivity index (χ1n) is 9.80. The van der Waals surface area contributed by atoms with E-state index in [1.807, 2.05) is 32.9 Å². The lowest BCUT2D eigenvalue weighted by Crippen LogP contribution is -2.27. The van der Waals surface area contributed by atoms with Gasteiger partial charge in [-0.2, -0.15) is 0 Å². The Kier molecular flexibility index (Phi) is 4.82. The van der Waals surface area contributed by atoms with E-state index in [4.69, 9.17) is 13.9 Å². The van der Waals surface area contributed by atoms with Crippen LogP contribution < -0.4 is 4.74 Å². The van der Waals surface area contributed by atoms with Crippen LogP contribution in [0.5, 0.6) is 5.75 Å².